The molecule has 124 valence electrons. The highest BCUT2D eigenvalue weighted by molar-refractivity contribution is 5.84. The highest BCUT2D eigenvalue weighted by atomic mass is 16.2. The second-order valence-corrected chi connectivity index (χ2v) is 6.66. The van der Waals surface area contributed by atoms with Crippen molar-refractivity contribution in [2.45, 2.75) is 32.7 Å². The number of hydrogen-bond acceptors (Lipinski definition) is 2. The number of nitrogens with zero attached hydrogens (tertiary/aromatic N) is 2. The van der Waals surface area contributed by atoms with Gasteiger partial charge in [-0.1, -0.05) is 31.2 Å². The Morgan fingerprint density at radius 3 is 2.52 bits per heavy atom. The van der Waals surface area contributed by atoms with Gasteiger partial charge in [0.1, 0.15) is 0 Å². The molecule has 0 aliphatic carbocycles. The van der Waals surface area contributed by atoms with E-state index in [0.717, 1.165) is 38.9 Å². The Morgan fingerprint density at radius 2 is 1.78 bits per heavy atom. The molecule has 23 heavy (non-hydrogen) atoms. The number of urea groups is 1. The molecular weight excluding hydrogens is 290 g/mol. The summed E-state index contributed by atoms with van der Waals surface area (Å²) in [5.41, 5.74) is 2.53. The van der Waals surface area contributed by atoms with Crippen LogP contribution in [-0.4, -0.2) is 47.9 Å². The first-order valence-corrected chi connectivity index (χ1v) is 8.51. The molecule has 1 fully saturated rings. The SMILES string of the molecule is CC1CCN(C(=O)NCC(=O)N2CCc3ccccc3C2)CC1. The number of piperidine rings is 1. The standard InChI is InChI=1S/C18H25N3O2/c1-14-6-9-20(10-7-14)18(23)19-12-17(22)21-11-8-15-4-2-3-5-16(15)13-21/h2-5,14H,6-13H2,1H3,(H,19,23). The predicted octanol–water partition coefficient (Wildman–Crippen LogP) is 2.01. The zero-order valence-corrected chi connectivity index (χ0v) is 13.8. The third-order valence-electron chi connectivity index (χ3n) is 4.95. The lowest BCUT2D eigenvalue weighted by atomic mass is 9.99. The summed E-state index contributed by atoms with van der Waals surface area (Å²) in [4.78, 5) is 28.1. The molecule has 0 saturated carbocycles. The Labute approximate surface area is 137 Å². The molecule has 3 rings (SSSR count). The van der Waals surface area contributed by atoms with E-state index < -0.39 is 0 Å². The van der Waals surface area contributed by atoms with E-state index in [9.17, 15) is 9.59 Å². The number of nitrogens with one attached hydrogen (secondary N) is 1. The lowest BCUT2D eigenvalue weighted by Gasteiger charge is -2.31. The fourth-order valence-electron chi connectivity index (χ4n) is 3.30. The Hall–Kier alpha value is -2.04. The molecule has 0 bridgehead atoms. The van der Waals surface area contributed by atoms with Gasteiger partial charge in [0.2, 0.25) is 5.91 Å². The maximum Gasteiger partial charge on any atom is 0.317 e. The van der Waals surface area contributed by atoms with Crippen LogP contribution in [-0.2, 0) is 17.8 Å². The number of likely N-dealkylation sites (tertiary alicyclic amines) is 1. The number of amides is 3. The largest absolute Gasteiger partial charge is 0.336 e. The third kappa shape index (κ3) is 3.84. The van der Waals surface area contributed by atoms with Crippen LogP contribution in [0.5, 0.6) is 0 Å². The summed E-state index contributed by atoms with van der Waals surface area (Å²) >= 11 is 0. The summed E-state index contributed by atoms with van der Waals surface area (Å²) in [7, 11) is 0. The smallest absolute Gasteiger partial charge is 0.317 e. The van der Waals surface area contributed by atoms with Gasteiger partial charge in [0, 0.05) is 26.2 Å². The van der Waals surface area contributed by atoms with Crippen LogP contribution in [0.1, 0.15) is 30.9 Å². The van der Waals surface area contributed by atoms with E-state index in [2.05, 4.69) is 24.4 Å². The summed E-state index contributed by atoms with van der Waals surface area (Å²) in [6, 6.07) is 8.13. The molecule has 1 saturated heterocycles. The molecule has 0 spiro atoms. The van der Waals surface area contributed by atoms with Crippen molar-refractivity contribution in [3.8, 4) is 0 Å². The van der Waals surface area contributed by atoms with Gasteiger partial charge in [0.15, 0.2) is 0 Å². The monoisotopic (exact) mass is 315 g/mol. The van der Waals surface area contributed by atoms with E-state index in [1.54, 1.807) is 0 Å². The molecule has 0 aromatic heterocycles. The number of rotatable bonds is 2. The second kappa shape index (κ2) is 7.02. The van der Waals surface area contributed by atoms with Crippen molar-refractivity contribution < 1.29 is 9.59 Å². The highest BCUT2D eigenvalue weighted by Crippen LogP contribution is 2.18. The van der Waals surface area contributed by atoms with Gasteiger partial charge in [-0.05, 0) is 36.3 Å². The first-order chi connectivity index (χ1) is 11.1. The van der Waals surface area contributed by atoms with Crippen LogP contribution in [0.25, 0.3) is 0 Å². The van der Waals surface area contributed by atoms with Crippen LogP contribution in [0.4, 0.5) is 4.79 Å². The minimum Gasteiger partial charge on any atom is -0.336 e. The van der Waals surface area contributed by atoms with Crippen molar-refractivity contribution in [1.29, 1.82) is 0 Å². The average Bonchev–Trinajstić information content (AvgIpc) is 2.59. The van der Waals surface area contributed by atoms with E-state index in [0.29, 0.717) is 12.5 Å². The zero-order chi connectivity index (χ0) is 16.2. The van der Waals surface area contributed by atoms with Gasteiger partial charge < -0.3 is 15.1 Å². The normalized spacial score (nSPS) is 18.5. The minimum absolute atomic E-state index is 0.00164. The van der Waals surface area contributed by atoms with E-state index in [1.807, 2.05) is 21.9 Å². The van der Waals surface area contributed by atoms with E-state index in [4.69, 9.17) is 0 Å². The fraction of sp³-hybridized carbons (Fsp3) is 0.556. The van der Waals surface area contributed by atoms with E-state index in [1.165, 1.54) is 11.1 Å². The number of fused-ring (bicyclic) bond motifs is 1. The van der Waals surface area contributed by atoms with Crippen molar-refractivity contribution in [3.63, 3.8) is 0 Å². The average molecular weight is 315 g/mol. The van der Waals surface area contributed by atoms with Gasteiger partial charge in [-0.25, -0.2) is 4.79 Å². The molecule has 2 aliphatic rings. The maximum absolute atomic E-state index is 12.3. The van der Waals surface area contributed by atoms with E-state index in [-0.39, 0.29) is 18.5 Å². The van der Waals surface area contributed by atoms with Crippen LogP contribution in [0.2, 0.25) is 0 Å². The first-order valence-electron chi connectivity index (χ1n) is 8.51. The van der Waals surface area contributed by atoms with Crippen LogP contribution < -0.4 is 5.32 Å². The van der Waals surface area contributed by atoms with Crippen LogP contribution in [0, 0.1) is 5.92 Å². The molecule has 5 nitrogen and oxygen atoms in total. The van der Waals surface area contributed by atoms with Crippen molar-refractivity contribution in [2.24, 2.45) is 5.92 Å². The molecular formula is C18H25N3O2. The molecule has 1 N–H and O–H groups in total. The van der Waals surface area contributed by atoms with Crippen molar-refractivity contribution >= 4 is 11.9 Å². The van der Waals surface area contributed by atoms with Crippen molar-refractivity contribution in [1.82, 2.24) is 15.1 Å². The number of carbonyl (C=O) groups excluding carboxylic acids is 2. The molecule has 0 atom stereocenters. The lowest BCUT2D eigenvalue weighted by molar-refractivity contribution is -0.131. The molecule has 3 amide bonds. The molecule has 0 radical (unpaired) electrons. The van der Waals surface area contributed by atoms with Gasteiger partial charge in [0.25, 0.3) is 0 Å². The van der Waals surface area contributed by atoms with Gasteiger partial charge in [-0.3, -0.25) is 4.79 Å². The first kappa shape index (κ1) is 15.8. The molecule has 2 aliphatic heterocycles. The summed E-state index contributed by atoms with van der Waals surface area (Å²) < 4.78 is 0. The molecule has 1 aromatic carbocycles. The highest BCUT2D eigenvalue weighted by Gasteiger charge is 2.23. The van der Waals surface area contributed by atoms with Gasteiger partial charge >= 0.3 is 6.03 Å². The van der Waals surface area contributed by atoms with Crippen LogP contribution in [0.15, 0.2) is 24.3 Å². The Morgan fingerprint density at radius 1 is 1.09 bits per heavy atom. The summed E-state index contributed by atoms with van der Waals surface area (Å²) in [5.74, 6) is 0.687. The third-order valence-corrected chi connectivity index (χ3v) is 4.95. The zero-order valence-electron chi connectivity index (χ0n) is 13.8. The van der Waals surface area contributed by atoms with Gasteiger partial charge in [-0.15, -0.1) is 0 Å². The Kier molecular flexibility index (Phi) is 4.84. The predicted molar refractivity (Wildman–Crippen MR) is 88.9 cm³/mol. The second-order valence-electron chi connectivity index (χ2n) is 6.66. The lowest BCUT2D eigenvalue weighted by Crippen LogP contribution is -2.48. The Balaban J connectivity index is 1.47. The summed E-state index contributed by atoms with van der Waals surface area (Å²) in [6.45, 7) is 5.26. The van der Waals surface area contributed by atoms with Crippen LogP contribution >= 0.6 is 0 Å². The number of carbonyl (C=O) groups is 2. The molecule has 5 heteroatoms. The van der Waals surface area contributed by atoms with Crippen molar-refractivity contribution in [2.75, 3.05) is 26.2 Å². The van der Waals surface area contributed by atoms with Crippen molar-refractivity contribution in [3.05, 3.63) is 35.4 Å². The fourth-order valence-corrected chi connectivity index (χ4v) is 3.30. The van der Waals surface area contributed by atoms with Crippen LogP contribution in [0.3, 0.4) is 0 Å². The number of hydrogen-bond donors (Lipinski definition) is 1. The van der Waals surface area contributed by atoms with E-state index >= 15 is 0 Å². The van der Waals surface area contributed by atoms with Gasteiger partial charge in [-0.2, -0.15) is 0 Å². The Bertz CT molecular complexity index is 579. The molecule has 2 heterocycles. The summed E-state index contributed by atoms with van der Waals surface area (Å²) in [5, 5.41) is 2.78. The maximum atomic E-state index is 12.3. The van der Waals surface area contributed by atoms with Gasteiger partial charge in [0.05, 0.1) is 6.54 Å². The topological polar surface area (TPSA) is 52.7 Å². The molecule has 0 unspecified atom stereocenters. The molecule has 1 aromatic rings. The quantitative estimate of drug-likeness (QED) is 0.908. The summed E-state index contributed by atoms with van der Waals surface area (Å²) in [6.07, 6.45) is 2.98. The number of benzene rings is 1. The minimum atomic E-state index is -0.109.